The zero-order valence-electron chi connectivity index (χ0n) is 9.54. The van der Waals surface area contributed by atoms with Gasteiger partial charge in [0, 0.05) is 6.42 Å². The van der Waals surface area contributed by atoms with Crippen molar-refractivity contribution in [2.24, 2.45) is 5.73 Å². The standard InChI is InChI=1S/C15H15NO/c16-15-13-9-5-4-6-11(13)10-14(15)17-12-7-2-1-3-8-12/h1-9,14-15H,10,16H2. The monoisotopic (exact) mass is 225 g/mol. The predicted molar refractivity (Wildman–Crippen MR) is 67.9 cm³/mol. The van der Waals surface area contributed by atoms with Crippen molar-refractivity contribution in [3.63, 3.8) is 0 Å². The van der Waals surface area contributed by atoms with Crippen LogP contribution in [-0.4, -0.2) is 6.10 Å². The Labute approximate surface area is 101 Å². The van der Waals surface area contributed by atoms with Gasteiger partial charge in [0.05, 0.1) is 6.04 Å². The minimum Gasteiger partial charge on any atom is -0.488 e. The van der Waals surface area contributed by atoms with Crippen molar-refractivity contribution in [2.45, 2.75) is 18.6 Å². The topological polar surface area (TPSA) is 35.2 Å². The summed E-state index contributed by atoms with van der Waals surface area (Å²) in [5.74, 6) is 0.890. The molecule has 2 unspecified atom stereocenters. The Morgan fingerprint density at radius 1 is 0.941 bits per heavy atom. The molecule has 2 heteroatoms. The van der Waals surface area contributed by atoms with E-state index in [1.807, 2.05) is 36.4 Å². The molecule has 0 amide bonds. The van der Waals surface area contributed by atoms with Crippen LogP contribution in [0.15, 0.2) is 54.6 Å². The third kappa shape index (κ3) is 1.92. The molecule has 0 saturated carbocycles. The molecule has 0 saturated heterocycles. The van der Waals surface area contributed by atoms with Crippen molar-refractivity contribution in [1.82, 2.24) is 0 Å². The molecule has 1 aliphatic carbocycles. The fourth-order valence-corrected chi connectivity index (χ4v) is 2.38. The maximum atomic E-state index is 6.21. The molecule has 0 aromatic heterocycles. The Kier molecular flexibility index (Phi) is 2.57. The summed E-state index contributed by atoms with van der Waals surface area (Å²) >= 11 is 0. The number of rotatable bonds is 2. The Morgan fingerprint density at radius 3 is 2.41 bits per heavy atom. The quantitative estimate of drug-likeness (QED) is 0.852. The summed E-state index contributed by atoms with van der Waals surface area (Å²) in [5.41, 5.74) is 8.74. The molecule has 3 rings (SSSR count). The van der Waals surface area contributed by atoms with Crippen LogP contribution in [0.1, 0.15) is 17.2 Å². The maximum Gasteiger partial charge on any atom is 0.122 e. The van der Waals surface area contributed by atoms with E-state index in [2.05, 4.69) is 18.2 Å². The van der Waals surface area contributed by atoms with E-state index in [1.54, 1.807) is 0 Å². The summed E-state index contributed by atoms with van der Waals surface area (Å²) in [6.07, 6.45) is 0.946. The van der Waals surface area contributed by atoms with Gasteiger partial charge in [-0.25, -0.2) is 0 Å². The summed E-state index contributed by atoms with van der Waals surface area (Å²) in [5, 5.41) is 0. The molecule has 2 atom stereocenters. The van der Waals surface area contributed by atoms with Gasteiger partial charge >= 0.3 is 0 Å². The first-order valence-electron chi connectivity index (χ1n) is 5.90. The maximum absolute atomic E-state index is 6.21. The van der Waals surface area contributed by atoms with Gasteiger partial charge in [0.25, 0.3) is 0 Å². The van der Waals surface area contributed by atoms with Crippen LogP contribution in [0, 0.1) is 0 Å². The lowest BCUT2D eigenvalue weighted by Crippen LogP contribution is -2.27. The minimum atomic E-state index is -0.0218. The van der Waals surface area contributed by atoms with Crippen molar-refractivity contribution < 1.29 is 4.74 Å². The molecule has 1 aliphatic rings. The summed E-state index contributed by atoms with van der Waals surface area (Å²) in [6, 6.07) is 18.2. The van der Waals surface area contributed by atoms with Gasteiger partial charge in [-0.15, -0.1) is 0 Å². The average Bonchev–Trinajstić information content (AvgIpc) is 2.68. The van der Waals surface area contributed by atoms with Crippen LogP contribution in [0.2, 0.25) is 0 Å². The highest BCUT2D eigenvalue weighted by molar-refractivity contribution is 5.37. The number of para-hydroxylation sites is 1. The molecule has 2 aromatic rings. The molecule has 2 nitrogen and oxygen atoms in total. The SMILES string of the molecule is NC1c2ccccc2CC1Oc1ccccc1. The fraction of sp³-hybridized carbons (Fsp3) is 0.200. The van der Waals surface area contributed by atoms with Crippen LogP contribution in [0.5, 0.6) is 5.75 Å². The second-order valence-electron chi connectivity index (χ2n) is 4.40. The fourth-order valence-electron chi connectivity index (χ4n) is 2.38. The highest BCUT2D eigenvalue weighted by Crippen LogP contribution is 2.32. The molecule has 2 aromatic carbocycles. The lowest BCUT2D eigenvalue weighted by molar-refractivity contribution is 0.185. The molecule has 86 valence electrons. The number of hydrogen-bond acceptors (Lipinski definition) is 2. The summed E-state index contributed by atoms with van der Waals surface area (Å²) in [6.45, 7) is 0. The second-order valence-corrected chi connectivity index (χ2v) is 4.40. The van der Waals surface area contributed by atoms with Crippen LogP contribution in [0.3, 0.4) is 0 Å². The average molecular weight is 225 g/mol. The number of nitrogens with two attached hydrogens (primary N) is 1. The summed E-state index contributed by atoms with van der Waals surface area (Å²) in [4.78, 5) is 0. The summed E-state index contributed by atoms with van der Waals surface area (Å²) in [7, 11) is 0. The normalized spacial score (nSPS) is 22.2. The van der Waals surface area contributed by atoms with E-state index in [4.69, 9.17) is 10.5 Å². The smallest absolute Gasteiger partial charge is 0.122 e. The molecule has 0 fully saturated rings. The summed E-state index contributed by atoms with van der Waals surface area (Å²) < 4.78 is 5.95. The van der Waals surface area contributed by atoms with Gasteiger partial charge in [-0.1, -0.05) is 42.5 Å². The first kappa shape index (κ1) is 10.4. The van der Waals surface area contributed by atoms with Gasteiger partial charge in [0.15, 0.2) is 0 Å². The van der Waals surface area contributed by atoms with E-state index >= 15 is 0 Å². The van der Waals surface area contributed by atoms with Crippen molar-refractivity contribution in [1.29, 1.82) is 0 Å². The van der Waals surface area contributed by atoms with Gasteiger partial charge in [-0.3, -0.25) is 0 Å². The molecule has 0 aliphatic heterocycles. The lowest BCUT2D eigenvalue weighted by atomic mass is 10.1. The number of fused-ring (bicyclic) bond motifs is 1. The lowest BCUT2D eigenvalue weighted by Gasteiger charge is -2.18. The van der Waals surface area contributed by atoms with Crippen LogP contribution < -0.4 is 10.5 Å². The molecule has 0 spiro atoms. The Morgan fingerprint density at radius 2 is 1.65 bits per heavy atom. The van der Waals surface area contributed by atoms with Crippen molar-refractivity contribution in [3.05, 3.63) is 65.7 Å². The molecule has 17 heavy (non-hydrogen) atoms. The molecular weight excluding hydrogens is 210 g/mol. The van der Waals surface area contributed by atoms with E-state index in [1.165, 1.54) is 11.1 Å². The predicted octanol–water partition coefficient (Wildman–Crippen LogP) is 2.69. The van der Waals surface area contributed by atoms with Gasteiger partial charge in [0.1, 0.15) is 11.9 Å². The molecule has 0 radical (unpaired) electrons. The zero-order chi connectivity index (χ0) is 11.7. The van der Waals surface area contributed by atoms with Gasteiger partial charge in [-0.05, 0) is 23.3 Å². The van der Waals surface area contributed by atoms with E-state index in [0.29, 0.717) is 0 Å². The Bertz CT molecular complexity index is 509. The first-order valence-corrected chi connectivity index (χ1v) is 5.90. The number of hydrogen-bond donors (Lipinski definition) is 1. The zero-order valence-corrected chi connectivity index (χ0v) is 9.54. The largest absolute Gasteiger partial charge is 0.488 e. The molecule has 0 heterocycles. The van der Waals surface area contributed by atoms with Gasteiger partial charge < -0.3 is 10.5 Å². The third-order valence-electron chi connectivity index (χ3n) is 3.27. The van der Waals surface area contributed by atoms with Crippen LogP contribution in [0.25, 0.3) is 0 Å². The highest BCUT2D eigenvalue weighted by Gasteiger charge is 2.30. The van der Waals surface area contributed by atoms with Gasteiger partial charge in [-0.2, -0.15) is 0 Å². The van der Waals surface area contributed by atoms with Crippen molar-refractivity contribution in [2.75, 3.05) is 0 Å². The van der Waals surface area contributed by atoms with Crippen molar-refractivity contribution >= 4 is 0 Å². The van der Waals surface area contributed by atoms with Crippen LogP contribution in [0.4, 0.5) is 0 Å². The van der Waals surface area contributed by atoms with Crippen molar-refractivity contribution in [3.8, 4) is 5.75 Å². The minimum absolute atomic E-state index is 0.0218. The van der Waals surface area contributed by atoms with Crippen LogP contribution in [-0.2, 0) is 6.42 Å². The second kappa shape index (κ2) is 4.22. The first-order chi connectivity index (χ1) is 8.34. The van der Waals surface area contributed by atoms with E-state index in [9.17, 15) is 0 Å². The molecular formula is C15H15NO. The van der Waals surface area contributed by atoms with Gasteiger partial charge in [0.2, 0.25) is 0 Å². The van der Waals surface area contributed by atoms with E-state index in [0.717, 1.165) is 12.2 Å². The van der Waals surface area contributed by atoms with Crippen LogP contribution >= 0.6 is 0 Å². The van der Waals surface area contributed by atoms with E-state index < -0.39 is 0 Å². The Hall–Kier alpha value is -1.80. The number of ether oxygens (including phenoxy) is 1. The number of benzene rings is 2. The molecule has 0 bridgehead atoms. The molecule has 2 N–H and O–H groups in total. The third-order valence-corrected chi connectivity index (χ3v) is 3.27. The Balaban J connectivity index is 1.81. The van der Waals surface area contributed by atoms with E-state index in [-0.39, 0.29) is 12.1 Å². The highest BCUT2D eigenvalue weighted by atomic mass is 16.5.